The van der Waals surface area contributed by atoms with Crippen LogP contribution < -0.4 is 22.1 Å². The first-order valence-corrected chi connectivity index (χ1v) is 20.0. The first-order chi connectivity index (χ1) is 24.4. The number of anilines is 1. The molecule has 0 bridgehead atoms. The van der Waals surface area contributed by atoms with Crippen LogP contribution in [-0.2, 0) is 50.7 Å². The number of carbonyl (C=O) groups excluding carboxylic acids is 2. The lowest BCUT2D eigenvalue weighted by molar-refractivity contribution is -0.137. The summed E-state index contributed by atoms with van der Waals surface area (Å²) in [6, 6.07) is 0. The number of aliphatic hydroxyl groups is 2. The Hall–Kier alpha value is -2.68. The average molecular weight is 843 g/mol. The standard InChI is InChI=1S/C21H36N7O16P3S.C2H5NO2/c1-21(2,16(31)19(32)24-4-3-12(29)23-5-6-48)8-41-47(38,39)44-46(36,37)40-7-11-15(43-45(33,34)35)14(30)20(42-11)28-10-27-13-17(22)25-9-26-18(13)28;3-1-2(4)5/h9-11,14-16,20,30-31,48H,3-8H2,1-2H3,(H,23,29)(H,24,32)(H,36,37)(H,38,39)(H2,22,25,26)(H2,33,34,35);1,3H2,(H,4,5)/t11-,14-,15-,16+,20-;/m1./s1. The highest BCUT2D eigenvalue weighted by molar-refractivity contribution is 7.80. The molecule has 30 heteroatoms. The molecule has 0 radical (unpaired) electrons. The van der Waals surface area contributed by atoms with E-state index in [0.717, 1.165) is 17.2 Å². The van der Waals surface area contributed by atoms with Gasteiger partial charge in [0, 0.05) is 30.7 Å². The van der Waals surface area contributed by atoms with Crippen molar-refractivity contribution in [3.05, 3.63) is 12.7 Å². The van der Waals surface area contributed by atoms with Crippen LogP contribution in [0.2, 0.25) is 0 Å². The van der Waals surface area contributed by atoms with E-state index >= 15 is 0 Å². The summed E-state index contributed by atoms with van der Waals surface area (Å²) in [5.74, 6) is -1.91. The molecule has 0 aromatic carbocycles. The SMILES string of the molecule is CC(C)(COP(=O)(O)OP(=O)(O)OC[C@H]1O[C@@H](n2cnc3c(N)ncnc32)[C@H](O)[C@@H]1OP(=O)(O)O)[C@@H](O)C(=O)NCCC(=O)NCCS.NCC(=O)O. The summed E-state index contributed by atoms with van der Waals surface area (Å²) in [6.45, 7) is 0.446. The van der Waals surface area contributed by atoms with Crippen molar-refractivity contribution in [1.29, 1.82) is 0 Å². The fraction of sp³-hybridized carbons (Fsp3) is 0.652. The number of carbonyl (C=O) groups is 3. The van der Waals surface area contributed by atoms with Crippen molar-refractivity contribution in [2.24, 2.45) is 11.1 Å². The van der Waals surface area contributed by atoms with Crippen molar-refractivity contribution in [3.8, 4) is 0 Å². The third-order valence-corrected chi connectivity index (χ3v) is 10.0. The van der Waals surface area contributed by atoms with Gasteiger partial charge in [0.1, 0.15) is 36.3 Å². The van der Waals surface area contributed by atoms with E-state index < -0.39 is 84.6 Å². The number of nitrogens with one attached hydrogen (secondary N) is 2. The van der Waals surface area contributed by atoms with Crippen LogP contribution in [-0.4, -0.2) is 135 Å². The Morgan fingerprint density at radius 2 is 1.70 bits per heavy atom. The Bertz CT molecular complexity index is 1710. The van der Waals surface area contributed by atoms with E-state index in [4.69, 9.17) is 24.6 Å². The normalized spacial score (nSPS) is 21.8. The second kappa shape index (κ2) is 19.8. The van der Waals surface area contributed by atoms with E-state index in [9.17, 15) is 57.9 Å². The minimum Gasteiger partial charge on any atom is -0.480 e. The zero-order chi connectivity index (χ0) is 40.4. The quantitative estimate of drug-likeness (QED) is 0.0508. The second-order valence-electron chi connectivity index (χ2n) is 11.4. The molecule has 3 heterocycles. The highest BCUT2D eigenvalue weighted by Gasteiger charge is 2.50. The molecule has 0 spiro atoms. The molecule has 3 rings (SSSR count). The van der Waals surface area contributed by atoms with Gasteiger partial charge in [-0.2, -0.15) is 16.9 Å². The van der Waals surface area contributed by atoms with Crippen LogP contribution in [0.1, 0.15) is 26.5 Å². The number of phosphoric ester groups is 3. The fourth-order valence-electron chi connectivity index (χ4n) is 4.14. The minimum atomic E-state index is -5.54. The number of imidazole rings is 1. The smallest absolute Gasteiger partial charge is 0.480 e. The zero-order valence-corrected chi connectivity index (χ0v) is 31.4. The van der Waals surface area contributed by atoms with Gasteiger partial charge in [-0.05, 0) is 0 Å². The Balaban J connectivity index is 0.00000181. The zero-order valence-electron chi connectivity index (χ0n) is 27.8. The molecule has 1 aliphatic heterocycles. The number of phosphoric acid groups is 3. The van der Waals surface area contributed by atoms with Crippen LogP contribution in [0.4, 0.5) is 5.82 Å². The number of aliphatic hydroxyl groups excluding tert-OH is 2. The van der Waals surface area contributed by atoms with Crippen molar-refractivity contribution in [2.75, 3.05) is 44.3 Å². The number of nitrogens with two attached hydrogens (primary N) is 2. The molecule has 1 saturated heterocycles. The van der Waals surface area contributed by atoms with Crippen molar-refractivity contribution in [3.63, 3.8) is 0 Å². The molecule has 0 saturated carbocycles. The summed E-state index contributed by atoms with van der Waals surface area (Å²) in [5, 5.41) is 33.7. The van der Waals surface area contributed by atoms with Crippen LogP contribution in [0.5, 0.6) is 0 Å². The molecule has 2 unspecified atom stereocenters. The number of aromatic nitrogens is 4. The van der Waals surface area contributed by atoms with Crippen LogP contribution in [0.25, 0.3) is 11.2 Å². The largest absolute Gasteiger partial charge is 0.481 e. The molecule has 1 aliphatic rings. The number of hydrogen-bond acceptors (Lipinski definition) is 19. The van der Waals surface area contributed by atoms with E-state index in [0.29, 0.717) is 12.3 Å². The first kappa shape index (κ1) is 46.5. The van der Waals surface area contributed by atoms with Crippen molar-refractivity contribution in [1.82, 2.24) is 30.2 Å². The number of nitrogens with zero attached hydrogens (tertiary/aromatic N) is 4. The number of ether oxygens (including phenoxy) is 1. The molecule has 0 aliphatic carbocycles. The summed E-state index contributed by atoms with van der Waals surface area (Å²) in [5.41, 5.74) is 8.87. The topological polar surface area (TPSA) is 410 Å². The van der Waals surface area contributed by atoms with Gasteiger partial charge in [0.25, 0.3) is 0 Å². The summed E-state index contributed by atoms with van der Waals surface area (Å²) < 4.78 is 61.7. The Morgan fingerprint density at radius 3 is 2.28 bits per heavy atom. The number of thiol groups is 1. The molecule has 13 N–H and O–H groups in total. The summed E-state index contributed by atoms with van der Waals surface area (Å²) in [4.78, 5) is 83.9. The predicted molar refractivity (Wildman–Crippen MR) is 180 cm³/mol. The molecule has 1 fully saturated rings. The highest BCUT2D eigenvalue weighted by atomic mass is 32.1. The molecule has 302 valence electrons. The Kier molecular flexibility index (Phi) is 17.3. The Labute approximate surface area is 305 Å². The van der Waals surface area contributed by atoms with Gasteiger partial charge in [-0.1, -0.05) is 13.8 Å². The number of carboxylic acids is 1. The van der Waals surface area contributed by atoms with Gasteiger partial charge in [0.2, 0.25) is 11.8 Å². The van der Waals surface area contributed by atoms with E-state index in [1.807, 2.05) is 0 Å². The Morgan fingerprint density at radius 1 is 1.08 bits per heavy atom. The molecular weight excluding hydrogens is 801 g/mol. The van der Waals surface area contributed by atoms with Gasteiger partial charge in [-0.3, -0.25) is 32.5 Å². The molecule has 2 aromatic heterocycles. The average Bonchev–Trinajstić information content (AvgIpc) is 3.61. The number of aliphatic carboxylic acids is 1. The first-order valence-electron chi connectivity index (χ1n) is 14.8. The van der Waals surface area contributed by atoms with Gasteiger partial charge < -0.3 is 61.7 Å². The van der Waals surface area contributed by atoms with Crippen molar-refractivity contribution >= 4 is 70.9 Å². The van der Waals surface area contributed by atoms with Gasteiger partial charge in [0.05, 0.1) is 26.1 Å². The maximum atomic E-state index is 12.6. The molecule has 2 amide bonds. The lowest BCUT2D eigenvalue weighted by atomic mass is 9.87. The van der Waals surface area contributed by atoms with E-state index in [1.165, 1.54) is 13.8 Å². The maximum Gasteiger partial charge on any atom is 0.481 e. The van der Waals surface area contributed by atoms with E-state index in [-0.39, 0.29) is 42.4 Å². The monoisotopic (exact) mass is 842 g/mol. The van der Waals surface area contributed by atoms with E-state index in [2.05, 4.69) is 52.8 Å². The van der Waals surface area contributed by atoms with Crippen LogP contribution in [0.15, 0.2) is 12.7 Å². The molecular formula is C23H41N8O18P3S. The predicted octanol–water partition coefficient (Wildman–Crippen LogP) is -2.64. The number of carboxylic acid groups (broad SMARTS) is 1. The van der Waals surface area contributed by atoms with Gasteiger partial charge >= 0.3 is 29.4 Å². The third kappa shape index (κ3) is 14.8. The lowest BCUT2D eigenvalue weighted by Gasteiger charge is -2.30. The number of hydrogen-bond donors (Lipinski definition) is 12. The summed E-state index contributed by atoms with van der Waals surface area (Å²) >= 11 is 3.95. The van der Waals surface area contributed by atoms with Gasteiger partial charge in [-0.15, -0.1) is 0 Å². The molecule has 53 heavy (non-hydrogen) atoms. The van der Waals surface area contributed by atoms with Gasteiger partial charge in [0.15, 0.2) is 17.7 Å². The van der Waals surface area contributed by atoms with Gasteiger partial charge in [-0.25, -0.2) is 28.6 Å². The van der Waals surface area contributed by atoms with Crippen LogP contribution >= 0.6 is 36.1 Å². The third-order valence-electron chi connectivity index (χ3n) is 6.69. The lowest BCUT2D eigenvalue weighted by Crippen LogP contribution is -2.46. The fourth-order valence-corrected chi connectivity index (χ4v) is 7.08. The number of rotatable bonds is 19. The number of amides is 2. The highest BCUT2D eigenvalue weighted by Crippen LogP contribution is 2.61. The number of nitrogen functional groups attached to an aromatic ring is 1. The van der Waals surface area contributed by atoms with Crippen LogP contribution in [0, 0.1) is 5.41 Å². The molecule has 26 nitrogen and oxygen atoms in total. The second-order valence-corrected chi connectivity index (χ2v) is 16.1. The summed E-state index contributed by atoms with van der Waals surface area (Å²) in [7, 11) is -16.3. The summed E-state index contributed by atoms with van der Waals surface area (Å²) in [6.07, 6.45) is -6.74. The van der Waals surface area contributed by atoms with Crippen molar-refractivity contribution in [2.45, 2.75) is 50.9 Å². The molecule has 7 atom stereocenters. The van der Waals surface area contributed by atoms with Crippen molar-refractivity contribution < 1.29 is 85.6 Å². The minimum absolute atomic E-state index is 0.0363. The van der Waals surface area contributed by atoms with E-state index in [1.54, 1.807) is 0 Å². The maximum absolute atomic E-state index is 12.6. The van der Waals surface area contributed by atoms with Crippen LogP contribution in [0.3, 0.4) is 0 Å². The number of fused-ring (bicyclic) bond motifs is 1. The molecule has 2 aromatic rings.